The van der Waals surface area contributed by atoms with Gasteiger partial charge >= 0.3 is 0 Å². The highest BCUT2D eigenvalue weighted by Crippen LogP contribution is 2.39. The van der Waals surface area contributed by atoms with Crippen LogP contribution in [-0.4, -0.2) is 59.6 Å². The first-order valence-corrected chi connectivity index (χ1v) is 10.9. The molecule has 0 bridgehead atoms. The molecule has 3 saturated heterocycles. The fourth-order valence-corrected chi connectivity index (χ4v) is 5.60. The van der Waals surface area contributed by atoms with Gasteiger partial charge in [-0.3, -0.25) is 9.69 Å². The molecule has 2 N–H and O–H groups in total. The quantitative estimate of drug-likeness (QED) is 0.837. The van der Waals surface area contributed by atoms with E-state index in [2.05, 4.69) is 9.80 Å². The summed E-state index contributed by atoms with van der Waals surface area (Å²) in [7, 11) is 0. The molecule has 158 valence electrons. The zero-order valence-corrected chi connectivity index (χ0v) is 16.6. The number of fused-ring (bicyclic) bond motifs is 1. The van der Waals surface area contributed by atoms with E-state index in [4.69, 9.17) is 10.5 Å². The van der Waals surface area contributed by atoms with Gasteiger partial charge in [-0.25, -0.2) is 8.78 Å². The van der Waals surface area contributed by atoms with E-state index < -0.39 is 23.8 Å². The molecule has 5 rings (SSSR count). The number of likely N-dealkylation sites (tertiary alicyclic amines) is 2. The Labute approximate surface area is 170 Å². The highest BCUT2D eigenvalue weighted by atomic mass is 19.1. The molecule has 3 heterocycles. The molecular formula is C22H29F2N3O2. The van der Waals surface area contributed by atoms with Crippen LogP contribution in [0.2, 0.25) is 0 Å². The molecule has 1 aromatic carbocycles. The number of hydrogen-bond donors (Lipinski definition) is 1. The number of carbonyl (C=O) groups excluding carboxylic acids is 1. The topological polar surface area (TPSA) is 58.8 Å². The molecule has 0 aromatic heterocycles. The zero-order valence-electron chi connectivity index (χ0n) is 16.6. The lowest BCUT2D eigenvalue weighted by Gasteiger charge is -2.40. The van der Waals surface area contributed by atoms with Gasteiger partial charge in [-0.15, -0.1) is 0 Å². The van der Waals surface area contributed by atoms with Crippen LogP contribution in [0.25, 0.3) is 0 Å². The van der Waals surface area contributed by atoms with E-state index in [-0.39, 0.29) is 11.6 Å². The highest BCUT2D eigenvalue weighted by molar-refractivity contribution is 5.77. The standard InChI is InChI=1S/C22H29F2N3O2/c23-14-3-4-17(24)16(10-14)22-18(25)11-15(12-29-22)26-7-5-20-19(26)6-8-27(20)21(28)9-13-1-2-13/h3-4,10,13,15,18-20,22H,1-2,5-9,11-12,25H2/t15-,18+,19?,20?,22-/m1/s1. The van der Waals surface area contributed by atoms with E-state index in [0.29, 0.717) is 43.4 Å². The predicted octanol–water partition coefficient (Wildman–Crippen LogP) is 2.60. The fourth-order valence-electron chi connectivity index (χ4n) is 5.60. The van der Waals surface area contributed by atoms with E-state index >= 15 is 0 Å². The molecule has 3 aliphatic heterocycles. The first kappa shape index (κ1) is 19.4. The number of nitrogens with zero attached hydrogens (tertiary/aromatic N) is 2. The normalized spacial score (nSPS) is 35.1. The van der Waals surface area contributed by atoms with Gasteiger partial charge in [0.1, 0.15) is 17.7 Å². The third-order valence-corrected chi connectivity index (χ3v) is 7.23. The molecule has 1 aliphatic carbocycles. The van der Waals surface area contributed by atoms with Gasteiger partial charge < -0.3 is 15.4 Å². The Morgan fingerprint density at radius 1 is 1.14 bits per heavy atom. The predicted molar refractivity (Wildman–Crippen MR) is 104 cm³/mol. The summed E-state index contributed by atoms with van der Waals surface area (Å²) in [5.41, 5.74) is 6.56. The number of nitrogens with two attached hydrogens (primary N) is 1. The molecule has 1 aromatic rings. The van der Waals surface area contributed by atoms with Crippen LogP contribution in [0.4, 0.5) is 8.78 Å². The average molecular weight is 405 g/mol. The Hall–Kier alpha value is -1.57. The maximum atomic E-state index is 14.2. The van der Waals surface area contributed by atoms with Crippen molar-refractivity contribution in [3.63, 3.8) is 0 Å². The molecule has 4 aliphatic rings. The Morgan fingerprint density at radius 3 is 2.69 bits per heavy atom. The van der Waals surface area contributed by atoms with Crippen molar-refractivity contribution in [2.45, 2.75) is 68.8 Å². The molecule has 7 heteroatoms. The lowest BCUT2D eigenvalue weighted by Crippen LogP contribution is -2.51. The van der Waals surface area contributed by atoms with Crippen LogP contribution in [0.3, 0.4) is 0 Å². The molecule has 1 amide bonds. The molecule has 0 radical (unpaired) electrons. The van der Waals surface area contributed by atoms with Crippen molar-refractivity contribution >= 4 is 5.91 Å². The Balaban J connectivity index is 1.23. The lowest BCUT2D eigenvalue weighted by atomic mass is 9.93. The SMILES string of the molecule is N[C@H]1C[C@@H](N2CCC3C2CCN3C(=O)CC2CC2)CO[C@@H]1c1cc(F)ccc1F. The minimum atomic E-state index is -0.624. The summed E-state index contributed by atoms with van der Waals surface area (Å²) in [6, 6.07) is 3.86. The third-order valence-electron chi connectivity index (χ3n) is 7.23. The molecule has 0 spiro atoms. The maximum Gasteiger partial charge on any atom is 0.223 e. The van der Waals surface area contributed by atoms with Gasteiger partial charge in [0, 0.05) is 49.2 Å². The molecule has 5 atom stereocenters. The van der Waals surface area contributed by atoms with Crippen molar-refractivity contribution in [3.8, 4) is 0 Å². The summed E-state index contributed by atoms with van der Waals surface area (Å²) in [4.78, 5) is 17.2. The second-order valence-corrected chi connectivity index (χ2v) is 9.16. The van der Waals surface area contributed by atoms with Gasteiger partial charge in [-0.2, -0.15) is 0 Å². The minimum Gasteiger partial charge on any atom is -0.370 e. The van der Waals surface area contributed by atoms with Crippen molar-refractivity contribution in [2.24, 2.45) is 11.7 Å². The highest BCUT2D eigenvalue weighted by Gasteiger charge is 2.48. The van der Waals surface area contributed by atoms with Gasteiger partial charge in [0.15, 0.2) is 0 Å². The zero-order chi connectivity index (χ0) is 20.1. The number of ether oxygens (including phenoxy) is 1. The largest absolute Gasteiger partial charge is 0.370 e. The van der Waals surface area contributed by atoms with Gasteiger partial charge in [-0.1, -0.05) is 0 Å². The minimum absolute atomic E-state index is 0.159. The van der Waals surface area contributed by atoms with Crippen LogP contribution in [0.5, 0.6) is 0 Å². The van der Waals surface area contributed by atoms with Crippen LogP contribution in [0.1, 0.15) is 50.2 Å². The Bertz CT molecular complexity index is 787. The number of hydrogen-bond acceptors (Lipinski definition) is 4. The van der Waals surface area contributed by atoms with E-state index in [9.17, 15) is 13.6 Å². The van der Waals surface area contributed by atoms with Crippen LogP contribution in [-0.2, 0) is 9.53 Å². The fraction of sp³-hybridized carbons (Fsp3) is 0.682. The maximum absolute atomic E-state index is 14.2. The summed E-state index contributed by atoms with van der Waals surface area (Å²) in [6.07, 6.45) is 5.15. The number of rotatable bonds is 4. The van der Waals surface area contributed by atoms with Gasteiger partial charge in [0.2, 0.25) is 5.91 Å². The molecule has 2 unspecified atom stereocenters. The Morgan fingerprint density at radius 2 is 1.93 bits per heavy atom. The van der Waals surface area contributed by atoms with E-state index in [1.165, 1.54) is 18.9 Å². The molecule has 4 fully saturated rings. The van der Waals surface area contributed by atoms with Gasteiger partial charge in [0.05, 0.1) is 6.61 Å². The van der Waals surface area contributed by atoms with Gasteiger partial charge in [0.25, 0.3) is 0 Å². The Kier molecular flexibility index (Phi) is 5.08. The second kappa shape index (κ2) is 7.60. The van der Waals surface area contributed by atoms with Crippen LogP contribution in [0.15, 0.2) is 18.2 Å². The third kappa shape index (κ3) is 3.68. The summed E-state index contributed by atoms with van der Waals surface area (Å²) >= 11 is 0. The van der Waals surface area contributed by atoms with Crippen LogP contribution in [0, 0.1) is 17.6 Å². The van der Waals surface area contributed by atoms with E-state index in [0.717, 1.165) is 38.1 Å². The van der Waals surface area contributed by atoms with E-state index in [1.807, 2.05) is 0 Å². The first-order valence-electron chi connectivity index (χ1n) is 10.9. The molecular weight excluding hydrogens is 376 g/mol. The van der Waals surface area contributed by atoms with Crippen LogP contribution >= 0.6 is 0 Å². The summed E-state index contributed by atoms with van der Waals surface area (Å²) in [5.74, 6) is -0.0280. The van der Waals surface area contributed by atoms with Gasteiger partial charge in [-0.05, 0) is 56.2 Å². The number of benzene rings is 1. The summed E-state index contributed by atoms with van der Waals surface area (Å²) in [6.45, 7) is 2.23. The average Bonchev–Trinajstić information content (AvgIpc) is 3.25. The first-order chi connectivity index (χ1) is 14.0. The number of carbonyl (C=O) groups is 1. The number of amides is 1. The molecule has 29 heavy (non-hydrogen) atoms. The van der Waals surface area contributed by atoms with Crippen molar-refractivity contribution < 1.29 is 18.3 Å². The van der Waals surface area contributed by atoms with Crippen molar-refractivity contribution in [3.05, 3.63) is 35.4 Å². The second-order valence-electron chi connectivity index (χ2n) is 9.16. The monoisotopic (exact) mass is 405 g/mol. The van der Waals surface area contributed by atoms with Crippen molar-refractivity contribution in [1.29, 1.82) is 0 Å². The molecule has 1 saturated carbocycles. The van der Waals surface area contributed by atoms with Crippen molar-refractivity contribution in [2.75, 3.05) is 19.7 Å². The smallest absolute Gasteiger partial charge is 0.223 e. The summed E-state index contributed by atoms with van der Waals surface area (Å²) in [5, 5.41) is 0. The summed E-state index contributed by atoms with van der Waals surface area (Å²) < 4.78 is 33.7. The molecule has 5 nitrogen and oxygen atoms in total. The van der Waals surface area contributed by atoms with E-state index in [1.54, 1.807) is 0 Å². The van der Waals surface area contributed by atoms with Crippen molar-refractivity contribution in [1.82, 2.24) is 9.80 Å². The van der Waals surface area contributed by atoms with Crippen LogP contribution < -0.4 is 5.73 Å². The lowest BCUT2D eigenvalue weighted by molar-refractivity contribution is -0.132. The number of halogens is 2.